The fourth-order valence-corrected chi connectivity index (χ4v) is 3.58. The first-order chi connectivity index (χ1) is 15.0. The van der Waals surface area contributed by atoms with Gasteiger partial charge < -0.3 is 14.5 Å². The van der Waals surface area contributed by atoms with Crippen LogP contribution in [-0.4, -0.2) is 15.7 Å². The highest BCUT2D eigenvalue weighted by Crippen LogP contribution is 2.25. The van der Waals surface area contributed by atoms with Gasteiger partial charge in [-0.1, -0.05) is 41.9 Å². The molecule has 0 spiro atoms. The Hall–Kier alpha value is -3.03. The lowest BCUT2D eigenvalue weighted by Gasteiger charge is -2.06. The molecular formula is C23H19BrClN3O3. The van der Waals surface area contributed by atoms with Gasteiger partial charge in [0.25, 0.3) is 5.91 Å². The number of carbonyl (C=O) groups is 1. The summed E-state index contributed by atoms with van der Waals surface area (Å²) in [7, 11) is 0. The molecule has 0 bridgehead atoms. The largest absolute Gasteiger partial charge is 0.484 e. The number of hydrogen-bond acceptors (Lipinski definition) is 4. The molecule has 4 aromatic rings. The Morgan fingerprint density at radius 2 is 1.94 bits per heavy atom. The van der Waals surface area contributed by atoms with Gasteiger partial charge >= 0.3 is 0 Å². The molecule has 6 nitrogen and oxygen atoms in total. The van der Waals surface area contributed by atoms with Gasteiger partial charge in [0.1, 0.15) is 18.1 Å². The molecule has 0 saturated carbocycles. The average Bonchev–Trinajstić information content (AvgIpc) is 3.36. The number of anilines is 1. The molecule has 1 N–H and O–H groups in total. The van der Waals surface area contributed by atoms with Crippen LogP contribution in [0.1, 0.15) is 27.6 Å². The number of nitrogens with one attached hydrogen (secondary N) is 1. The van der Waals surface area contributed by atoms with E-state index in [0.717, 1.165) is 15.7 Å². The fourth-order valence-electron chi connectivity index (χ4n) is 2.99. The van der Waals surface area contributed by atoms with E-state index < -0.39 is 0 Å². The molecule has 0 atom stereocenters. The fraction of sp³-hybridized carbons (Fsp3) is 0.130. The third kappa shape index (κ3) is 5.18. The van der Waals surface area contributed by atoms with Gasteiger partial charge in [0, 0.05) is 16.8 Å². The Bertz CT molecular complexity index is 1220. The lowest BCUT2D eigenvalue weighted by Crippen LogP contribution is -2.12. The van der Waals surface area contributed by atoms with Crippen LogP contribution in [0, 0.1) is 6.92 Å². The second kappa shape index (κ2) is 9.41. The van der Waals surface area contributed by atoms with E-state index in [9.17, 15) is 4.79 Å². The van der Waals surface area contributed by atoms with Crippen molar-refractivity contribution in [2.75, 3.05) is 5.32 Å². The van der Waals surface area contributed by atoms with Crippen LogP contribution in [0.4, 0.5) is 5.82 Å². The number of rotatable bonds is 7. The molecule has 31 heavy (non-hydrogen) atoms. The first-order valence-corrected chi connectivity index (χ1v) is 10.7. The number of amides is 1. The number of aromatic nitrogens is 2. The lowest BCUT2D eigenvalue weighted by molar-refractivity contribution is 0.0992. The van der Waals surface area contributed by atoms with Crippen molar-refractivity contribution in [3.63, 3.8) is 0 Å². The van der Waals surface area contributed by atoms with Crippen LogP contribution in [0.2, 0.25) is 5.02 Å². The molecule has 0 aliphatic heterocycles. The van der Waals surface area contributed by atoms with Gasteiger partial charge in [-0.25, -0.2) is 0 Å². The Morgan fingerprint density at radius 1 is 1.16 bits per heavy atom. The maximum Gasteiger partial charge on any atom is 0.292 e. The van der Waals surface area contributed by atoms with Crippen LogP contribution in [0.5, 0.6) is 5.75 Å². The summed E-state index contributed by atoms with van der Waals surface area (Å²) in [5, 5.41) is 7.91. The molecule has 0 unspecified atom stereocenters. The van der Waals surface area contributed by atoms with Gasteiger partial charge in [-0.3, -0.25) is 9.48 Å². The highest BCUT2D eigenvalue weighted by molar-refractivity contribution is 9.10. The van der Waals surface area contributed by atoms with E-state index in [1.54, 1.807) is 22.9 Å². The summed E-state index contributed by atoms with van der Waals surface area (Å²) in [6.07, 6.45) is 0. The van der Waals surface area contributed by atoms with E-state index >= 15 is 0 Å². The molecule has 0 saturated heterocycles. The highest BCUT2D eigenvalue weighted by atomic mass is 79.9. The molecule has 2 aromatic carbocycles. The molecule has 0 aliphatic rings. The Labute approximate surface area is 192 Å². The van der Waals surface area contributed by atoms with Crippen LogP contribution >= 0.6 is 27.5 Å². The average molecular weight is 501 g/mol. The number of para-hydroxylation sites is 1. The van der Waals surface area contributed by atoms with E-state index in [1.165, 1.54) is 0 Å². The number of aryl methyl sites for hydroxylation is 1. The SMILES string of the molecule is Cc1cc(NC(=O)c2ccc(COc3ccccc3Br)o2)nn1Cc1ccccc1Cl. The summed E-state index contributed by atoms with van der Waals surface area (Å²) >= 11 is 9.67. The van der Waals surface area contributed by atoms with Crippen molar-refractivity contribution in [3.05, 3.63) is 99.0 Å². The summed E-state index contributed by atoms with van der Waals surface area (Å²) in [4.78, 5) is 12.6. The van der Waals surface area contributed by atoms with E-state index in [0.29, 0.717) is 28.9 Å². The predicted molar refractivity (Wildman–Crippen MR) is 123 cm³/mol. The van der Waals surface area contributed by atoms with E-state index in [2.05, 4.69) is 26.3 Å². The quantitative estimate of drug-likeness (QED) is 0.334. The number of nitrogens with zero attached hydrogens (tertiary/aromatic N) is 2. The number of furan rings is 1. The van der Waals surface area contributed by atoms with E-state index in [1.807, 2.05) is 55.5 Å². The molecule has 0 radical (unpaired) electrons. The molecule has 0 aliphatic carbocycles. The minimum absolute atomic E-state index is 0.184. The zero-order valence-corrected chi connectivity index (χ0v) is 19.0. The zero-order chi connectivity index (χ0) is 21.8. The lowest BCUT2D eigenvalue weighted by atomic mass is 10.2. The van der Waals surface area contributed by atoms with Gasteiger partial charge in [0.05, 0.1) is 11.0 Å². The Kier molecular flexibility index (Phi) is 6.44. The number of carbonyl (C=O) groups excluding carboxylic acids is 1. The molecule has 1 amide bonds. The van der Waals surface area contributed by atoms with Crippen molar-refractivity contribution in [2.45, 2.75) is 20.1 Å². The van der Waals surface area contributed by atoms with Crippen molar-refractivity contribution < 1.29 is 13.9 Å². The first kappa shape index (κ1) is 21.2. The van der Waals surface area contributed by atoms with Crippen LogP contribution < -0.4 is 10.1 Å². The van der Waals surface area contributed by atoms with E-state index in [-0.39, 0.29) is 18.3 Å². The van der Waals surface area contributed by atoms with Gasteiger partial charge in [-0.2, -0.15) is 5.10 Å². The van der Waals surface area contributed by atoms with Crippen LogP contribution in [-0.2, 0) is 13.2 Å². The Balaban J connectivity index is 1.39. The number of halogens is 2. The number of hydrogen-bond donors (Lipinski definition) is 1. The number of benzene rings is 2. The molecule has 8 heteroatoms. The topological polar surface area (TPSA) is 69.3 Å². The standard InChI is InChI=1S/C23H19BrClN3O3/c1-15-12-22(27-28(15)13-16-6-2-4-8-19(16)25)26-23(29)21-11-10-17(31-21)14-30-20-9-5-3-7-18(20)24/h2-12H,13-14H2,1H3,(H,26,27,29). The van der Waals surface area contributed by atoms with Crippen molar-refractivity contribution in [2.24, 2.45) is 0 Å². The zero-order valence-electron chi connectivity index (χ0n) is 16.6. The second-order valence-electron chi connectivity index (χ2n) is 6.86. The molecule has 2 heterocycles. The highest BCUT2D eigenvalue weighted by Gasteiger charge is 2.15. The van der Waals surface area contributed by atoms with Crippen LogP contribution in [0.15, 0.2) is 75.6 Å². The molecule has 158 valence electrons. The molecule has 4 rings (SSSR count). The summed E-state index contributed by atoms with van der Waals surface area (Å²) in [6, 6.07) is 20.3. The predicted octanol–water partition coefficient (Wildman–Crippen LogP) is 6.08. The van der Waals surface area contributed by atoms with E-state index in [4.69, 9.17) is 20.8 Å². The van der Waals surface area contributed by atoms with Crippen molar-refractivity contribution in [1.29, 1.82) is 0 Å². The summed E-state index contributed by atoms with van der Waals surface area (Å²) in [5.41, 5.74) is 1.85. The first-order valence-electron chi connectivity index (χ1n) is 9.55. The maximum atomic E-state index is 12.6. The summed E-state index contributed by atoms with van der Waals surface area (Å²) in [5.74, 6) is 1.49. The maximum absolute atomic E-state index is 12.6. The third-order valence-corrected chi connectivity index (χ3v) is 5.62. The Morgan fingerprint density at radius 3 is 2.74 bits per heavy atom. The van der Waals surface area contributed by atoms with Gasteiger partial charge in [0.15, 0.2) is 11.6 Å². The van der Waals surface area contributed by atoms with Gasteiger partial charge in [-0.15, -0.1) is 0 Å². The number of ether oxygens (including phenoxy) is 1. The molecule has 2 aromatic heterocycles. The summed E-state index contributed by atoms with van der Waals surface area (Å²) < 4.78 is 14.0. The third-order valence-electron chi connectivity index (χ3n) is 4.59. The van der Waals surface area contributed by atoms with Crippen LogP contribution in [0.3, 0.4) is 0 Å². The van der Waals surface area contributed by atoms with Crippen molar-refractivity contribution in [1.82, 2.24) is 9.78 Å². The summed E-state index contributed by atoms with van der Waals surface area (Å²) in [6.45, 7) is 2.64. The van der Waals surface area contributed by atoms with Crippen molar-refractivity contribution in [3.8, 4) is 5.75 Å². The van der Waals surface area contributed by atoms with Crippen molar-refractivity contribution >= 4 is 39.3 Å². The van der Waals surface area contributed by atoms with Gasteiger partial charge in [0.2, 0.25) is 0 Å². The van der Waals surface area contributed by atoms with Gasteiger partial charge in [-0.05, 0) is 58.7 Å². The minimum Gasteiger partial charge on any atom is -0.484 e. The second-order valence-corrected chi connectivity index (χ2v) is 8.12. The molecular weight excluding hydrogens is 482 g/mol. The normalized spacial score (nSPS) is 10.8. The molecule has 0 fully saturated rings. The smallest absolute Gasteiger partial charge is 0.292 e. The monoisotopic (exact) mass is 499 g/mol. The van der Waals surface area contributed by atoms with Crippen LogP contribution in [0.25, 0.3) is 0 Å². The minimum atomic E-state index is -0.380.